The Morgan fingerprint density at radius 3 is 2.18 bits per heavy atom. The highest BCUT2D eigenvalue weighted by atomic mass is 19.4. The lowest BCUT2D eigenvalue weighted by atomic mass is 10.2. The number of nitrogens with zero attached hydrogens (tertiary/aromatic N) is 1. The molecule has 0 aromatic heterocycles. The van der Waals surface area contributed by atoms with E-state index in [1.165, 1.54) is 24.3 Å². The topological polar surface area (TPSA) is 46.6 Å². The van der Waals surface area contributed by atoms with Crippen LogP contribution in [0.1, 0.15) is 0 Å². The molecule has 2 amide bonds. The molecule has 2 rings (SSSR count). The van der Waals surface area contributed by atoms with Gasteiger partial charge in [-0.15, -0.1) is 0 Å². The minimum absolute atomic E-state index is 0.0502. The lowest BCUT2D eigenvalue weighted by Gasteiger charge is -2.12. The summed E-state index contributed by atoms with van der Waals surface area (Å²) in [6.45, 7) is 0. The summed E-state index contributed by atoms with van der Waals surface area (Å²) >= 11 is 0. The predicted molar refractivity (Wildman–Crippen MR) is 50.3 cm³/mol. The summed E-state index contributed by atoms with van der Waals surface area (Å²) in [5.74, 6) is -1.42. The zero-order valence-electron chi connectivity index (χ0n) is 8.27. The molecule has 90 valence electrons. The number of cyclic esters (lactones) is 1. The average Bonchev–Trinajstić information content (AvgIpc) is 2.55. The van der Waals surface area contributed by atoms with E-state index in [0.29, 0.717) is 4.90 Å². The van der Waals surface area contributed by atoms with E-state index in [2.05, 4.69) is 4.74 Å². The third-order valence-electron chi connectivity index (χ3n) is 2.16. The number of carbonyl (C=O) groups is 2. The van der Waals surface area contributed by atoms with Crippen LogP contribution >= 0.6 is 0 Å². The Morgan fingerprint density at radius 2 is 1.71 bits per heavy atom. The molecule has 1 heterocycles. The van der Waals surface area contributed by atoms with Crippen LogP contribution in [0.2, 0.25) is 0 Å². The van der Waals surface area contributed by atoms with Crippen LogP contribution in [0.3, 0.4) is 0 Å². The molecule has 0 aliphatic carbocycles. The van der Waals surface area contributed by atoms with Gasteiger partial charge in [-0.25, -0.2) is 9.69 Å². The number of imide groups is 1. The first kappa shape index (κ1) is 11.4. The zero-order valence-corrected chi connectivity index (χ0v) is 8.27. The molecule has 4 nitrogen and oxygen atoms in total. The van der Waals surface area contributed by atoms with Crippen molar-refractivity contribution in [1.29, 1.82) is 0 Å². The van der Waals surface area contributed by atoms with Gasteiger partial charge in [0.15, 0.2) is 0 Å². The smallest absolute Gasteiger partial charge is 0.425 e. The summed E-state index contributed by atoms with van der Waals surface area (Å²) in [5.41, 5.74) is 0.0502. The number of ether oxygens (including phenoxy) is 1. The first-order chi connectivity index (χ1) is 7.91. The van der Waals surface area contributed by atoms with Gasteiger partial charge in [0.25, 0.3) is 12.0 Å². The maximum absolute atomic E-state index is 12.3. The maximum atomic E-state index is 12.3. The first-order valence-corrected chi connectivity index (χ1v) is 4.57. The van der Waals surface area contributed by atoms with E-state index < -0.39 is 24.3 Å². The number of amides is 2. The normalized spacial score (nSPS) is 20.6. The van der Waals surface area contributed by atoms with E-state index in [0.717, 1.165) is 0 Å². The number of para-hydroxylation sites is 1. The van der Waals surface area contributed by atoms with Crippen molar-refractivity contribution in [3.8, 4) is 0 Å². The van der Waals surface area contributed by atoms with Crippen molar-refractivity contribution in [1.82, 2.24) is 0 Å². The standard InChI is InChI=1S/C10H6F3NO3/c11-10(12,13)7-8(15)14(9(16)17-7)6-4-2-1-3-5-6/h1-5,7H/t7-/m0/s1. The molecule has 0 spiro atoms. The minimum atomic E-state index is -4.89. The third kappa shape index (κ3) is 1.95. The number of rotatable bonds is 1. The zero-order chi connectivity index (χ0) is 12.6. The molecule has 0 bridgehead atoms. The van der Waals surface area contributed by atoms with Crippen molar-refractivity contribution in [3.05, 3.63) is 30.3 Å². The maximum Gasteiger partial charge on any atom is 0.434 e. The van der Waals surface area contributed by atoms with E-state index in [1.54, 1.807) is 6.07 Å². The Labute approximate surface area is 93.6 Å². The molecule has 7 heteroatoms. The van der Waals surface area contributed by atoms with Crippen LogP contribution in [0.4, 0.5) is 23.7 Å². The number of alkyl halides is 3. The van der Waals surface area contributed by atoms with Crippen molar-refractivity contribution >= 4 is 17.7 Å². The molecular formula is C10H6F3NO3. The Hall–Kier alpha value is -2.05. The van der Waals surface area contributed by atoms with Crippen LogP contribution in [-0.2, 0) is 9.53 Å². The molecule has 1 atom stereocenters. The van der Waals surface area contributed by atoms with Gasteiger partial charge in [0.1, 0.15) is 0 Å². The fourth-order valence-electron chi connectivity index (χ4n) is 1.43. The highest BCUT2D eigenvalue weighted by molar-refractivity contribution is 6.18. The number of benzene rings is 1. The van der Waals surface area contributed by atoms with Gasteiger partial charge in [0, 0.05) is 0 Å². The molecule has 1 saturated heterocycles. The van der Waals surface area contributed by atoms with E-state index in [-0.39, 0.29) is 5.69 Å². The van der Waals surface area contributed by atoms with E-state index in [9.17, 15) is 22.8 Å². The SMILES string of the molecule is O=C1O[C@H](C(F)(F)F)C(=O)N1c1ccccc1. The largest absolute Gasteiger partial charge is 0.434 e. The van der Waals surface area contributed by atoms with Crippen LogP contribution in [0.25, 0.3) is 0 Å². The Bertz CT molecular complexity index is 458. The summed E-state index contributed by atoms with van der Waals surface area (Å²) in [6, 6.07) is 7.29. The summed E-state index contributed by atoms with van der Waals surface area (Å²) in [6.07, 6.45) is -8.92. The van der Waals surface area contributed by atoms with Gasteiger partial charge < -0.3 is 4.74 Å². The van der Waals surface area contributed by atoms with Crippen LogP contribution in [-0.4, -0.2) is 24.3 Å². The average molecular weight is 245 g/mol. The summed E-state index contributed by atoms with van der Waals surface area (Å²) in [4.78, 5) is 23.0. The molecular weight excluding hydrogens is 239 g/mol. The molecule has 1 aliphatic heterocycles. The molecule has 1 aliphatic rings. The molecule has 17 heavy (non-hydrogen) atoms. The second-order valence-corrected chi connectivity index (χ2v) is 3.31. The predicted octanol–water partition coefficient (Wildman–Crippen LogP) is 2.10. The minimum Gasteiger partial charge on any atom is -0.425 e. The van der Waals surface area contributed by atoms with Gasteiger partial charge in [-0.2, -0.15) is 13.2 Å². The van der Waals surface area contributed by atoms with Crippen molar-refractivity contribution in [2.75, 3.05) is 4.90 Å². The van der Waals surface area contributed by atoms with Gasteiger partial charge in [0.05, 0.1) is 5.69 Å². The van der Waals surface area contributed by atoms with E-state index >= 15 is 0 Å². The highest BCUT2D eigenvalue weighted by Gasteiger charge is 2.56. The van der Waals surface area contributed by atoms with Crippen LogP contribution < -0.4 is 4.90 Å². The lowest BCUT2D eigenvalue weighted by molar-refractivity contribution is -0.195. The van der Waals surface area contributed by atoms with Crippen molar-refractivity contribution in [2.24, 2.45) is 0 Å². The summed E-state index contributed by atoms with van der Waals surface area (Å²) < 4.78 is 41.1. The quantitative estimate of drug-likeness (QED) is 0.761. The van der Waals surface area contributed by atoms with Gasteiger partial charge in [-0.05, 0) is 12.1 Å². The molecule has 1 fully saturated rings. The number of hydrogen-bond donors (Lipinski definition) is 0. The van der Waals surface area contributed by atoms with Gasteiger partial charge >= 0.3 is 12.3 Å². The fourth-order valence-corrected chi connectivity index (χ4v) is 1.43. The van der Waals surface area contributed by atoms with Gasteiger partial charge in [-0.1, -0.05) is 18.2 Å². The van der Waals surface area contributed by atoms with E-state index in [4.69, 9.17) is 0 Å². The van der Waals surface area contributed by atoms with Crippen LogP contribution in [0, 0.1) is 0 Å². The second-order valence-electron chi connectivity index (χ2n) is 3.31. The fraction of sp³-hybridized carbons (Fsp3) is 0.200. The van der Waals surface area contributed by atoms with E-state index in [1.807, 2.05) is 0 Å². The summed E-state index contributed by atoms with van der Waals surface area (Å²) in [7, 11) is 0. The number of carbonyl (C=O) groups excluding carboxylic acids is 2. The molecule has 1 aromatic carbocycles. The molecule has 0 N–H and O–H groups in total. The van der Waals surface area contributed by atoms with Crippen molar-refractivity contribution < 1.29 is 27.5 Å². The third-order valence-corrected chi connectivity index (χ3v) is 2.16. The lowest BCUT2D eigenvalue weighted by Crippen LogP contribution is -2.39. The van der Waals surface area contributed by atoms with Gasteiger partial charge in [-0.3, -0.25) is 4.79 Å². The van der Waals surface area contributed by atoms with Gasteiger partial charge in [0.2, 0.25) is 0 Å². The van der Waals surface area contributed by atoms with Crippen LogP contribution in [0.5, 0.6) is 0 Å². The molecule has 0 unspecified atom stereocenters. The number of anilines is 1. The Morgan fingerprint density at radius 1 is 1.12 bits per heavy atom. The molecule has 0 radical (unpaired) electrons. The number of halogens is 3. The summed E-state index contributed by atoms with van der Waals surface area (Å²) in [5, 5.41) is 0. The molecule has 1 aromatic rings. The molecule has 0 saturated carbocycles. The Kier molecular flexibility index (Phi) is 2.53. The first-order valence-electron chi connectivity index (χ1n) is 4.57. The second kappa shape index (κ2) is 3.76. The highest BCUT2D eigenvalue weighted by Crippen LogP contribution is 2.31. The van der Waals surface area contributed by atoms with Crippen LogP contribution in [0.15, 0.2) is 30.3 Å². The van der Waals surface area contributed by atoms with Crippen molar-refractivity contribution in [3.63, 3.8) is 0 Å². The number of hydrogen-bond acceptors (Lipinski definition) is 3. The van der Waals surface area contributed by atoms with Crippen molar-refractivity contribution in [2.45, 2.75) is 12.3 Å². The Balaban J connectivity index is 2.33. The monoisotopic (exact) mass is 245 g/mol.